The quantitative estimate of drug-likeness (QED) is 0.925. The Bertz CT molecular complexity index is 549. The van der Waals surface area contributed by atoms with Crippen molar-refractivity contribution < 1.29 is 9.59 Å². The van der Waals surface area contributed by atoms with Gasteiger partial charge in [-0.3, -0.25) is 9.59 Å². The van der Waals surface area contributed by atoms with Gasteiger partial charge in [0.25, 0.3) is 0 Å². The number of hydrogen-bond acceptors (Lipinski definition) is 2. The molecule has 1 aromatic carbocycles. The normalized spacial score (nSPS) is 21.5. The van der Waals surface area contributed by atoms with E-state index in [1.807, 2.05) is 36.1 Å². The number of carbonyl (C=O) groups excluding carboxylic acids is 2. The summed E-state index contributed by atoms with van der Waals surface area (Å²) in [4.78, 5) is 26.5. The van der Waals surface area contributed by atoms with Crippen LogP contribution in [0.15, 0.2) is 24.3 Å². The van der Waals surface area contributed by atoms with Gasteiger partial charge in [0.05, 0.1) is 12.3 Å². The lowest BCUT2D eigenvalue weighted by Gasteiger charge is -2.32. The largest absolute Gasteiger partial charge is 0.353 e. The first-order chi connectivity index (χ1) is 10.6. The van der Waals surface area contributed by atoms with E-state index in [2.05, 4.69) is 5.32 Å². The molecule has 4 heteroatoms. The first-order valence-corrected chi connectivity index (χ1v) is 8.25. The Hall–Kier alpha value is -1.84. The molecule has 1 saturated carbocycles. The number of hydrogen-bond donors (Lipinski definition) is 1. The average molecular weight is 300 g/mol. The van der Waals surface area contributed by atoms with E-state index in [4.69, 9.17) is 0 Å². The molecule has 0 unspecified atom stereocenters. The van der Waals surface area contributed by atoms with Crippen molar-refractivity contribution in [1.29, 1.82) is 0 Å². The molecule has 1 heterocycles. The highest BCUT2D eigenvalue weighted by atomic mass is 16.2. The molecule has 2 amide bonds. The second-order valence-corrected chi connectivity index (χ2v) is 6.62. The SMILES string of the molecule is Cc1ccc(CC(=O)N2CCC[C@H](C(=O)NC3CC3)C2)cc1. The summed E-state index contributed by atoms with van der Waals surface area (Å²) in [5.74, 6) is 0.236. The molecule has 1 saturated heterocycles. The van der Waals surface area contributed by atoms with Crippen molar-refractivity contribution in [2.75, 3.05) is 13.1 Å². The molecule has 2 fully saturated rings. The number of nitrogens with one attached hydrogen (secondary N) is 1. The second-order valence-electron chi connectivity index (χ2n) is 6.62. The lowest BCUT2D eigenvalue weighted by Crippen LogP contribution is -2.46. The summed E-state index contributed by atoms with van der Waals surface area (Å²) in [5.41, 5.74) is 2.24. The Morgan fingerprint density at radius 1 is 1.18 bits per heavy atom. The predicted molar refractivity (Wildman–Crippen MR) is 85.4 cm³/mol. The maximum atomic E-state index is 12.4. The molecule has 0 bridgehead atoms. The van der Waals surface area contributed by atoms with Crippen LogP contribution in [0.25, 0.3) is 0 Å². The van der Waals surface area contributed by atoms with E-state index >= 15 is 0 Å². The van der Waals surface area contributed by atoms with E-state index in [9.17, 15) is 9.59 Å². The van der Waals surface area contributed by atoms with Crippen molar-refractivity contribution in [3.05, 3.63) is 35.4 Å². The molecule has 0 aromatic heterocycles. The number of nitrogens with zero attached hydrogens (tertiary/aromatic N) is 1. The van der Waals surface area contributed by atoms with Gasteiger partial charge < -0.3 is 10.2 Å². The maximum absolute atomic E-state index is 12.4. The number of rotatable bonds is 4. The zero-order chi connectivity index (χ0) is 15.5. The molecule has 4 nitrogen and oxygen atoms in total. The van der Waals surface area contributed by atoms with Crippen molar-refractivity contribution in [3.63, 3.8) is 0 Å². The van der Waals surface area contributed by atoms with E-state index in [1.165, 1.54) is 5.56 Å². The highest BCUT2D eigenvalue weighted by molar-refractivity contribution is 5.82. The van der Waals surface area contributed by atoms with Gasteiger partial charge >= 0.3 is 0 Å². The van der Waals surface area contributed by atoms with Crippen LogP contribution in [0.1, 0.15) is 36.8 Å². The molecule has 22 heavy (non-hydrogen) atoms. The fourth-order valence-corrected chi connectivity index (χ4v) is 2.96. The monoisotopic (exact) mass is 300 g/mol. The zero-order valence-corrected chi connectivity index (χ0v) is 13.2. The Kier molecular flexibility index (Phi) is 4.46. The number of benzene rings is 1. The van der Waals surface area contributed by atoms with E-state index < -0.39 is 0 Å². The summed E-state index contributed by atoms with van der Waals surface area (Å²) in [6.45, 7) is 3.39. The van der Waals surface area contributed by atoms with Crippen molar-refractivity contribution >= 4 is 11.8 Å². The van der Waals surface area contributed by atoms with Crippen LogP contribution in [0, 0.1) is 12.8 Å². The van der Waals surface area contributed by atoms with Crippen LogP contribution < -0.4 is 5.32 Å². The van der Waals surface area contributed by atoms with Crippen molar-refractivity contribution in [2.45, 2.75) is 45.1 Å². The number of amides is 2. The molecule has 1 aliphatic heterocycles. The van der Waals surface area contributed by atoms with Gasteiger partial charge in [0, 0.05) is 19.1 Å². The Morgan fingerprint density at radius 2 is 1.91 bits per heavy atom. The summed E-state index contributed by atoms with van der Waals surface area (Å²) in [7, 11) is 0. The molecule has 118 valence electrons. The minimum atomic E-state index is -0.0312. The molecular weight excluding hydrogens is 276 g/mol. The van der Waals surface area contributed by atoms with Crippen LogP contribution in [0.2, 0.25) is 0 Å². The zero-order valence-electron chi connectivity index (χ0n) is 13.2. The topological polar surface area (TPSA) is 49.4 Å². The fraction of sp³-hybridized carbons (Fsp3) is 0.556. The Morgan fingerprint density at radius 3 is 2.59 bits per heavy atom. The third-order valence-electron chi connectivity index (χ3n) is 4.54. The molecule has 1 aromatic rings. The van der Waals surface area contributed by atoms with E-state index in [0.717, 1.165) is 37.8 Å². The van der Waals surface area contributed by atoms with Gasteiger partial charge in [0.1, 0.15) is 0 Å². The third kappa shape index (κ3) is 3.87. The van der Waals surface area contributed by atoms with Gasteiger partial charge in [0.2, 0.25) is 11.8 Å². The van der Waals surface area contributed by atoms with Crippen LogP contribution in [-0.4, -0.2) is 35.8 Å². The number of likely N-dealkylation sites (tertiary alicyclic amines) is 1. The summed E-state index contributed by atoms with van der Waals surface area (Å²) >= 11 is 0. The van der Waals surface area contributed by atoms with Crippen LogP contribution in [-0.2, 0) is 16.0 Å². The Labute approximate surface area is 131 Å². The van der Waals surface area contributed by atoms with Crippen LogP contribution in [0.5, 0.6) is 0 Å². The molecule has 3 rings (SSSR count). The maximum Gasteiger partial charge on any atom is 0.227 e. The summed E-state index contributed by atoms with van der Waals surface area (Å²) < 4.78 is 0. The summed E-state index contributed by atoms with van der Waals surface area (Å²) in [6.07, 6.45) is 4.45. The molecule has 1 atom stereocenters. The van der Waals surface area contributed by atoms with Gasteiger partial charge in [-0.15, -0.1) is 0 Å². The summed E-state index contributed by atoms with van der Waals surface area (Å²) in [6, 6.07) is 8.48. The van der Waals surface area contributed by atoms with E-state index in [1.54, 1.807) is 0 Å². The smallest absolute Gasteiger partial charge is 0.227 e. The average Bonchev–Trinajstić information content (AvgIpc) is 3.33. The van der Waals surface area contributed by atoms with Crippen molar-refractivity contribution in [1.82, 2.24) is 10.2 Å². The minimum Gasteiger partial charge on any atom is -0.353 e. The lowest BCUT2D eigenvalue weighted by molar-refractivity contribution is -0.135. The Balaban J connectivity index is 1.55. The van der Waals surface area contributed by atoms with E-state index in [0.29, 0.717) is 19.0 Å². The summed E-state index contributed by atoms with van der Waals surface area (Å²) in [5, 5.41) is 3.06. The first kappa shape index (κ1) is 15.1. The second kappa shape index (κ2) is 6.51. The van der Waals surface area contributed by atoms with E-state index in [-0.39, 0.29) is 17.7 Å². The minimum absolute atomic E-state index is 0.0312. The predicted octanol–water partition coefficient (Wildman–Crippen LogP) is 2.05. The molecular formula is C18H24N2O2. The molecule has 0 spiro atoms. The fourth-order valence-electron chi connectivity index (χ4n) is 2.96. The van der Waals surface area contributed by atoms with Gasteiger partial charge in [-0.1, -0.05) is 29.8 Å². The third-order valence-corrected chi connectivity index (χ3v) is 4.54. The highest BCUT2D eigenvalue weighted by Crippen LogP contribution is 2.22. The van der Waals surface area contributed by atoms with Crippen molar-refractivity contribution in [3.8, 4) is 0 Å². The molecule has 0 radical (unpaired) electrons. The number of carbonyl (C=O) groups is 2. The molecule has 1 aliphatic carbocycles. The van der Waals surface area contributed by atoms with Gasteiger partial charge in [-0.2, -0.15) is 0 Å². The van der Waals surface area contributed by atoms with Gasteiger partial charge in [-0.05, 0) is 38.2 Å². The number of piperidine rings is 1. The van der Waals surface area contributed by atoms with Gasteiger partial charge in [-0.25, -0.2) is 0 Å². The first-order valence-electron chi connectivity index (χ1n) is 8.25. The van der Waals surface area contributed by atoms with Crippen LogP contribution in [0.3, 0.4) is 0 Å². The molecule has 2 aliphatic rings. The van der Waals surface area contributed by atoms with Crippen LogP contribution >= 0.6 is 0 Å². The lowest BCUT2D eigenvalue weighted by atomic mass is 9.96. The van der Waals surface area contributed by atoms with Crippen LogP contribution in [0.4, 0.5) is 0 Å². The number of aryl methyl sites for hydroxylation is 1. The van der Waals surface area contributed by atoms with Gasteiger partial charge in [0.15, 0.2) is 0 Å². The highest BCUT2D eigenvalue weighted by Gasteiger charge is 2.31. The van der Waals surface area contributed by atoms with Crippen molar-refractivity contribution in [2.24, 2.45) is 5.92 Å². The molecule has 1 N–H and O–H groups in total. The standard InChI is InChI=1S/C18H24N2O2/c1-13-4-6-14(7-5-13)11-17(21)20-10-2-3-15(12-20)18(22)19-16-8-9-16/h4-7,15-16H,2-3,8-12H2,1H3,(H,19,22)/t15-/m0/s1.